The molecule has 0 N–H and O–H groups in total. The second-order valence-electron chi connectivity index (χ2n) is 3.57. The van der Waals surface area contributed by atoms with Gasteiger partial charge in [-0.25, -0.2) is 0 Å². The van der Waals surface area contributed by atoms with Gasteiger partial charge in [-0.2, -0.15) is 0 Å². The molecule has 0 spiro atoms. The number of allylic oxidation sites excluding steroid dienone is 4. The Balaban J connectivity index is -0.000000403. The monoisotopic (exact) mass is 258 g/mol. The summed E-state index contributed by atoms with van der Waals surface area (Å²) in [5.41, 5.74) is 1.98. The standard InChI is InChI=1S/C11H18.3ClH/c1-4-11(3,5-2)10-8-6-7-9-10;;;/h6,8-9H,4-5,7H2,1-3H3;3*1H. The molecule has 0 saturated heterocycles. The van der Waals surface area contributed by atoms with Crippen molar-refractivity contribution < 1.29 is 0 Å². The van der Waals surface area contributed by atoms with Gasteiger partial charge in [0, 0.05) is 0 Å². The lowest BCUT2D eigenvalue weighted by Crippen LogP contribution is -2.14. The summed E-state index contributed by atoms with van der Waals surface area (Å²) >= 11 is 0. The van der Waals surface area contributed by atoms with E-state index in [0.29, 0.717) is 5.41 Å². The van der Waals surface area contributed by atoms with Gasteiger partial charge in [0.15, 0.2) is 0 Å². The topological polar surface area (TPSA) is 0 Å². The largest absolute Gasteiger partial charge is 0.147 e. The Labute approximate surface area is 106 Å². The maximum absolute atomic E-state index is 2.36. The fourth-order valence-corrected chi connectivity index (χ4v) is 1.56. The van der Waals surface area contributed by atoms with Crippen molar-refractivity contribution in [2.24, 2.45) is 5.41 Å². The summed E-state index contributed by atoms with van der Waals surface area (Å²) in [6.45, 7) is 6.90. The van der Waals surface area contributed by atoms with Gasteiger partial charge < -0.3 is 0 Å². The Kier molecular flexibility index (Phi) is 12.3. The van der Waals surface area contributed by atoms with Gasteiger partial charge in [-0.1, -0.05) is 39.0 Å². The van der Waals surface area contributed by atoms with Crippen LogP contribution in [0.5, 0.6) is 0 Å². The van der Waals surface area contributed by atoms with E-state index in [4.69, 9.17) is 0 Å². The highest BCUT2D eigenvalue weighted by atomic mass is 35.5. The fraction of sp³-hybridized carbons (Fsp3) is 0.636. The summed E-state index contributed by atoms with van der Waals surface area (Å²) in [5, 5.41) is 0. The zero-order valence-electron chi connectivity index (χ0n) is 9.08. The molecule has 0 unspecified atom stereocenters. The van der Waals surface area contributed by atoms with Gasteiger partial charge in [0.2, 0.25) is 0 Å². The van der Waals surface area contributed by atoms with Crippen molar-refractivity contribution in [1.82, 2.24) is 0 Å². The Morgan fingerprint density at radius 2 is 1.64 bits per heavy atom. The highest BCUT2D eigenvalue weighted by Gasteiger charge is 2.23. The molecule has 3 heteroatoms. The van der Waals surface area contributed by atoms with Gasteiger partial charge in [0.25, 0.3) is 0 Å². The lowest BCUT2D eigenvalue weighted by atomic mass is 9.78. The molecule has 0 saturated carbocycles. The van der Waals surface area contributed by atoms with Crippen LogP contribution in [0.2, 0.25) is 0 Å². The molecule has 0 heterocycles. The van der Waals surface area contributed by atoms with E-state index in [9.17, 15) is 0 Å². The van der Waals surface area contributed by atoms with Crippen LogP contribution in [-0.4, -0.2) is 0 Å². The molecule has 1 rings (SSSR count). The lowest BCUT2D eigenvalue weighted by Gasteiger charge is -2.27. The van der Waals surface area contributed by atoms with E-state index >= 15 is 0 Å². The maximum Gasteiger partial charge on any atom is -0.00836 e. The molecule has 0 amide bonds. The van der Waals surface area contributed by atoms with Gasteiger partial charge in [-0.15, -0.1) is 37.2 Å². The molecule has 0 bridgehead atoms. The zero-order chi connectivity index (χ0) is 8.32. The molecular formula is C11H21Cl3. The molecule has 0 aromatic carbocycles. The SMILES string of the molecule is CCC(C)(CC)C1=CCC=C1.Cl.Cl.Cl. The molecule has 0 atom stereocenters. The highest BCUT2D eigenvalue weighted by molar-refractivity contribution is 5.86. The van der Waals surface area contributed by atoms with E-state index in [0.717, 1.165) is 6.42 Å². The third-order valence-corrected chi connectivity index (χ3v) is 3.03. The van der Waals surface area contributed by atoms with Crippen LogP contribution in [-0.2, 0) is 0 Å². The van der Waals surface area contributed by atoms with Crippen LogP contribution < -0.4 is 0 Å². The third kappa shape index (κ3) is 4.25. The Morgan fingerprint density at radius 1 is 1.14 bits per heavy atom. The molecule has 14 heavy (non-hydrogen) atoms. The molecule has 1 aliphatic rings. The smallest absolute Gasteiger partial charge is 0.00836 e. The van der Waals surface area contributed by atoms with Crippen LogP contribution in [0.25, 0.3) is 0 Å². The summed E-state index contributed by atoms with van der Waals surface area (Å²) in [7, 11) is 0. The average molecular weight is 260 g/mol. The van der Waals surface area contributed by atoms with Crippen molar-refractivity contribution in [3.63, 3.8) is 0 Å². The van der Waals surface area contributed by atoms with Gasteiger partial charge >= 0.3 is 0 Å². The summed E-state index contributed by atoms with van der Waals surface area (Å²) in [6, 6.07) is 0. The first-order chi connectivity index (χ1) is 5.23. The summed E-state index contributed by atoms with van der Waals surface area (Å²) in [5.74, 6) is 0. The molecule has 0 aliphatic heterocycles. The minimum absolute atomic E-state index is 0. The second kappa shape index (κ2) is 8.64. The molecule has 0 radical (unpaired) electrons. The normalized spacial score (nSPS) is 13.5. The number of hydrogen-bond donors (Lipinski definition) is 0. The van der Waals surface area contributed by atoms with E-state index in [1.165, 1.54) is 12.8 Å². The van der Waals surface area contributed by atoms with E-state index in [1.807, 2.05) is 0 Å². The molecule has 0 nitrogen and oxygen atoms in total. The van der Waals surface area contributed by atoms with Gasteiger partial charge in [0.05, 0.1) is 0 Å². The Morgan fingerprint density at radius 3 is 1.93 bits per heavy atom. The first-order valence-corrected chi connectivity index (χ1v) is 4.60. The van der Waals surface area contributed by atoms with Crippen molar-refractivity contribution in [1.29, 1.82) is 0 Å². The fourth-order valence-electron chi connectivity index (χ4n) is 1.56. The summed E-state index contributed by atoms with van der Waals surface area (Å²) in [4.78, 5) is 0. The average Bonchev–Trinajstić information content (AvgIpc) is 2.55. The Hall–Kier alpha value is 0.350. The molecule has 0 aromatic heterocycles. The first-order valence-electron chi connectivity index (χ1n) is 4.60. The second-order valence-corrected chi connectivity index (χ2v) is 3.57. The van der Waals surface area contributed by atoms with Crippen molar-refractivity contribution in [2.45, 2.75) is 40.0 Å². The van der Waals surface area contributed by atoms with Crippen LogP contribution in [0.1, 0.15) is 40.0 Å². The van der Waals surface area contributed by atoms with Crippen molar-refractivity contribution in [2.75, 3.05) is 0 Å². The summed E-state index contributed by atoms with van der Waals surface area (Å²) < 4.78 is 0. The molecule has 1 aliphatic carbocycles. The molecule has 0 aromatic rings. The molecule has 0 fully saturated rings. The van der Waals surface area contributed by atoms with E-state index in [2.05, 4.69) is 39.0 Å². The minimum atomic E-state index is 0. The number of hydrogen-bond acceptors (Lipinski definition) is 0. The third-order valence-electron chi connectivity index (χ3n) is 3.03. The van der Waals surface area contributed by atoms with E-state index in [1.54, 1.807) is 5.57 Å². The maximum atomic E-state index is 2.36. The lowest BCUT2D eigenvalue weighted by molar-refractivity contribution is 0.377. The minimum Gasteiger partial charge on any atom is -0.147 e. The quantitative estimate of drug-likeness (QED) is 0.672. The van der Waals surface area contributed by atoms with E-state index in [-0.39, 0.29) is 37.2 Å². The van der Waals surface area contributed by atoms with Gasteiger partial charge in [0.1, 0.15) is 0 Å². The van der Waals surface area contributed by atoms with Crippen LogP contribution in [0, 0.1) is 5.41 Å². The first kappa shape index (κ1) is 19.9. The van der Waals surface area contributed by atoms with Crippen LogP contribution in [0.4, 0.5) is 0 Å². The highest BCUT2D eigenvalue weighted by Crippen LogP contribution is 2.37. The number of halogens is 3. The predicted molar refractivity (Wildman–Crippen MR) is 72.3 cm³/mol. The van der Waals surface area contributed by atoms with Crippen LogP contribution in [0.15, 0.2) is 23.8 Å². The summed E-state index contributed by atoms with van der Waals surface area (Å²) in [6.07, 6.45) is 10.5. The van der Waals surface area contributed by atoms with E-state index < -0.39 is 0 Å². The van der Waals surface area contributed by atoms with Crippen molar-refractivity contribution in [3.05, 3.63) is 23.8 Å². The zero-order valence-corrected chi connectivity index (χ0v) is 11.5. The molecular weight excluding hydrogens is 238 g/mol. The van der Waals surface area contributed by atoms with Crippen LogP contribution in [0.3, 0.4) is 0 Å². The molecule has 86 valence electrons. The predicted octanol–water partition coefficient (Wildman–Crippen LogP) is 4.96. The van der Waals surface area contributed by atoms with Crippen molar-refractivity contribution in [3.8, 4) is 0 Å². The Bertz CT molecular complexity index is 191. The van der Waals surface area contributed by atoms with Crippen LogP contribution >= 0.6 is 37.2 Å². The van der Waals surface area contributed by atoms with Crippen molar-refractivity contribution >= 4 is 37.2 Å². The van der Waals surface area contributed by atoms with Gasteiger partial charge in [-0.3, -0.25) is 0 Å². The number of rotatable bonds is 3. The van der Waals surface area contributed by atoms with Gasteiger partial charge in [-0.05, 0) is 30.3 Å².